The Morgan fingerprint density at radius 2 is 1.96 bits per heavy atom. The number of nitro benzene ring substituents is 1. The monoisotopic (exact) mass is 345 g/mol. The van der Waals surface area contributed by atoms with Crippen molar-refractivity contribution >= 4 is 28.9 Å². The molecule has 3 rings (SSSR count). The zero-order valence-electron chi connectivity index (χ0n) is 12.3. The van der Waals surface area contributed by atoms with E-state index in [0.29, 0.717) is 27.6 Å². The summed E-state index contributed by atoms with van der Waals surface area (Å²) in [7, 11) is 0. The van der Waals surface area contributed by atoms with Gasteiger partial charge in [-0.2, -0.15) is 0 Å². The molecule has 0 bridgehead atoms. The minimum absolute atomic E-state index is 0.0161. The highest BCUT2D eigenvalue weighted by atomic mass is 35.5. The van der Waals surface area contributed by atoms with Crippen molar-refractivity contribution in [2.45, 2.75) is 12.8 Å². The molecule has 0 radical (unpaired) electrons. The van der Waals surface area contributed by atoms with Gasteiger partial charge >= 0.3 is 5.97 Å². The third kappa shape index (κ3) is 3.07. The predicted molar refractivity (Wildman–Crippen MR) is 88.2 cm³/mol. The van der Waals surface area contributed by atoms with E-state index in [-0.39, 0.29) is 18.5 Å². The molecule has 24 heavy (non-hydrogen) atoms. The number of rotatable bonds is 5. The van der Waals surface area contributed by atoms with Crippen LogP contribution in [0, 0.1) is 10.1 Å². The number of benzene rings is 1. The topological polar surface area (TPSA) is 97.7 Å². The normalized spacial score (nSPS) is 10.9. The molecule has 0 spiro atoms. The molecule has 1 N–H and O–H groups in total. The van der Waals surface area contributed by atoms with Crippen LogP contribution in [-0.4, -0.2) is 25.4 Å². The summed E-state index contributed by atoms with van der Waals surface area (Å²) in [5.41, 5.74) is 2.59. The fourth-order valence-electron chi connectivity index (χ4n) is 2.50. The van der Waals surface area contributed by atoms with E-state index in [1.807, 2.05) is 0 Å². The molecule has 0 aliphatic heterocycles. The summed E-state index contributed by atoms with van der Waals surface area (Å²) in [5, 5.41) is 20.3. The number of carbonyl (C=O) groups is 1. The van der Waals surface area contributed by atoms with Crippen molar-refractivity contribution < 1.29 is 14.8 Å². The molecule has 122 valence electrons. The van der Waals surface area contributed by atoms with Gasteiger partial charge in [-0.15, -0.1) is 0 Å². The molecule has 0 aliphatic rings. The lowest BCUT2D eigenvalue weighted by atomic mass is 10.1. The van der Waals surface area contributed by atoms with Crippen molar-refractivity contribution in [3.8, 4) is 11.3 Å². The van der Waals surface area contributed by atoms with Gasteiger partial charge in [-0.3, -0.25) is 14.9 Å². The van der Waals surface area contributed by atoms with E-state index in [1.165, 1.54) is 12.1 Å². The Balaban J connectivity index is 2.13. The fraction of sp³-hybridized carbons (Fsp3) is 0.125. The number of aryl methyl sites for hydroxylation is 1. The molecule has 1 aromatic carbocycles. The lowest BCUT2D eigenvalue weighted by molar-refractivity contribution is -0.384. The number of aromatic nitrogens is 2. The van der Waals surface area contributed by atoms with E-state index in [9.17, 15) is 14.9 Å². The lowest BCUT2D eigenvalue weighted by Gasteiger charge is -2.04. The zero-order chi connectivity index (χ0) is 17.3. The SMILES string of the molecule is O=C(O)CCc1c(-c2ccc([N+](=O)[O-])cc2)nc2ccc(Cl)cn12. The van der Waals surface area contributed by atoms with E-state index >= 15 is 0 Å². The van der Waals surface area contributed by atoms with Crippen LogP contribution in [0.5, 0.6) is 0 Å². The minimum Gasteiger partial charge on any atom is -0.481 e. The number of fused-ring (bicyclic) bond motifs is 1. The molecule has 0 aliphatic carbocycles. The summed E-state index contributed by atoms with van der Waals surface area (Å²) in [6.07, 6.45) is 1.89. The summed E-state index contributed by atoms with van der Waals surface area (Å²) in [4.78, 5) is 25.8. The molecule has 0 unspecified atom stereocenters. The van der Waals surface area contributed by atoms with Gasteiger partial charge in [0, 0.05) is 30.3 Å². The molecule has 0 amide bonds. The minimum atomic E-state index is -0.915. The molecule has 0 saturated heterocycles. The van der Waals surface area contributed by atoms with Crippen molar-refractivity contribution in [3.63, 3.8) is 0 Å². The summed E-state index contributed by atoms with van der Waals surface area (Å²) in [5.74, 6) is -0.915. The van der Waals surface area contributed by atoms with Gasteiger partial charge < -0.3 is 9.51 Å². The molecule has 2 heterocycles. The van der Waals surface area contributed by atoms with E-state index < -0.39 is 10.9 Å². The maximum atomic E-state index is 10.9. The molecule has 7 nitrogen and oxygen atoms in total. The Morgan fingerprint density at radius 3 is 2.58 bits per heavy atom. The average Bonchev–Trinajstić information content (AvgIpc) is 2.90. The number of non-ortho nitro benzene ring substituents is 1. The largest absolute Gasteiger partial charge is 0.481 e. The van der Waals surface area contributed by atoms with E-state index in [0.717, 1.165) is 0 Å². The van der Waals surface area contributed by atoms with Gasteiger partial charge in [0.2, 0.25) is 0 Å². The van der Waals surface area contributed by atoms with E-state index in [2.05, 4.69) is 4.98 Å². The molecular weight excluding hydrogens is 334 g/mol. The van der Waals surface area contributed by atoms with Crippen LogP contribution >= 0.6 is 11.6 Å². The number of imidazole rings is 1. The van der Waals surface area contributed by atoms with Crippen LogP contribution in [0.3, 0.4) is 0 Å². The molecule has 0 fully saturated rings. The van der Waals surface area contributed by atoms with Crippen LogP contribution in [0.2, 0.25) is 5.02 Å². The summed E-state index contributed by atoms with van der Waals surface area (Å²) >= 11 is 6.02. The first-order valence-electron chi connectivity index (χ1n) is 7.09. The van der Waals surface area contributed by atoms with Gasteiger partial charge in [0.1, 0.15) is 5.65 Å². The Hall–Kier alpha value is -2.93. The molecule has 2 aromatic heterocycles. The van der Waals surface area contributed by atoms with Crippen molar-refractivity contribution in [1.82, 2.24) is 9.38 Å². The van der Waals surface area contributed by atoms with Crippen LogP contribution in [0.25, 0.3) is 16.9 Å². The molecule has 3 aromatic rings. The number of pyridine rings is 1. The van der Waals surface area contributed by atoms with Crippen LogP contribution in [0.15, 0.2) is 42.6 Å². The predicted octanol–water partition coefficient (Wildman–Crippen LogP) is 3.58. The lowest BCUT2D eigenvalue weighted by Crippen LogP contribution is -2.01. The first kappa shape index (κ1) is 15.9. The van der Waals surface area contributed by atoms with Gasteiger partial charge in [0.05, 0.1) is 27.8 Å². The third-order valence-electron chi connectivity index (χ3n) is 3.61. The number of nitrogens with zero attached hydrogens (tertiary/aromatic N) is 3. The number of hydrogen-bond acceptors (Lipinski definition) is 4. The zero-order valence-corrected chi connectivity index (χ0v) is 13.1. The Bertz CT molecular complexity index is 934. The average molecular weight is 346 g/mol. The third-order valence-corrected chi connectivity index (χ3v) is 3.83. The maximum Gasteiger partial charge on any atom is 0.303 e. The van der Waals surface area contributed by atoms with E-state index in [4.69, 9.17) is 16.7 Å². The Morgan fingerprint density at radius 1 is 1.25 bits per heavy atom. The highest BCUT2D eigenvalue weighted by Crippen LogP contribution is 2.28. The smallest absolute Gasteiger partial charge is 0.303 e. The molecule has 0 saturated carbocycles. The van der Waals surface area contributed by atoms with Gasteiger partial charge in [0.15, 0.2) is 0 Å². The fourth-order valence-corrected chi connectivity index (χ4v) is 2.66. The number of carboxylic acids is 1. The van der Waals surface area contributed by atoms with Crippen molar-refractivity contribution in [2.75, 3.05) is 0 Å². The summed E-state index contributed by atoms with van der Waals surface area (Å²) in [6, 6.07) is 9.43. The second-order valence-electron chi connectivity index (χ2n) is 5.18. The first-order valence-corrected chi connectivity index (χ1v) is 7.46. The maximum absolute atomic E-state index is 10.9. The second-order valence-corrected chi connectivity index (χ2v) is 5.62. The van der Waals surface area contributed by atoms with Gasteiger partial charge in [0.25, 0.3) is 5.69 Å². The van der Waals surface area contributed by atoms with Crippen LogP contribution in [-0.2, 0) is 11.2 Å². The van der Waals surface area contributed by atoms with Crippen molar-refractivity contribution in [3.05, 3.63) is 63.4 Å². The van der Waals surface area contributed by atoms with Gasteiger partial charge in [-0.25, -0.2) is 4.98 Å². The standard InChI is InChI=1S/C16H12ClN3O4/c17-11-3-7-14-18-16(10-1-4-12(5-2-10)20(23)24)13(19(14)9-11)6-8-15(21)22/h1-5,7,9H,6,8H2,(H,21,22). The summed E-state index contributed by atoms with van der Waals surface area (Å²) in [6.45, 7) is 0. The number of carboxylic acid groups (broad SMARTS) is 1. The van der Waals surface area contributed by atoms with Crippen LogP contribution < -0.4 is 0 Å². The number of nitro groups is 1. The highest BCUT2D eigenvalue weighted by Gasteiger charge is 2.16. The van der Waals surface area contributed by atoms with E-state index in [1.54, 1.807) is 34.9 Å². The molecular formula is C16H12ClN3O4. The van der Waals surface area contributed by atoms with Gasteiger partial charge in [-0.1, -0.05) is 11.6 Å². The molecule has 8 heteroatoms. The highest BCUT2D eigenvalue weighted by molar-refractivity contribution is 6.30. The quantitative estimate of drug-likeness (QED) is 0.563. The molecule has 0 atom stereocenters. The second kappa shape index (κ2) is 6.29. The first-order chi connectivity index (χ1) is 11.5. The van der Waals surface area contributed by atoms with Crippen LogP contribution in [0.4, 0.5) is 5.69 Å². The van der Waals surface area contributed by atoms with Crippen molar-refractivity contribution in [2.24, 2.45) is 0 Å². The summed E-state index contributed by atoms with van der Waals surface area (Å²) < 4.78 is 1.75. The van der Waals surface area contributed by atoms with Gasteiger partial charge in [-0.05, 0) is 24.3 Å². The Kier molecular flexibility index (Phi) is 4.18. The Labute approximate surface area is 141 Å². The number of halogens is 1. The number of aliphatic carboxylic acids is 1. The number of hydrogen-bond donors (Lipinski definition) is 1. The van der Waals surface area contributed by atoms with Crippen molar-refractivity contribution in [1.29, 1.82) is 0 Å². The van der Waals surface area contributed by atoms with Crippen LogP contribution in [0.1, 0.15) is 12.1 Å².